The van der Waals surface area contributed by atoms with Crippen molar-refractivity contribution in [3.05, 3.63) is 48.4 Å². The maximum atomic E-state index is 13.1. The minimum atomic E-state index is -0.554. The average molecular weight is 469 g/mol. The fourth-order valence-electron chi connectivity index (χ4n) is 4.49. The van der Waals surface area contributed by atoms with Gasteiger partial charge in [-0.3, -0.25) is 4.79 Å². The number of aromatic nitrogens is 2. The number of ketones is 1. The van der Waals surface area contributed by atoms with Gasteiger partial charge in [-0.1, -0.05) is 58.4 Å². The third kappa shape index (κ3) is 7.39. The maximum Gasteiger partial charge on any atom is 0.165 e. The van der Waals surface area contributed by atoms with Gasteiger partial charge in [-0.15, -0.1) is 0 Å². The molecule has 2 unspecified atom stereocenters. The van der Waals surface area contributed by atoms with Gasteiger partial charge in [-0.05, 0) is 43.0 Å². The Labute approximate surface area is 203 Å². The second-order valence-electron chi connectivity index (χ2n) is 9.33. The number of carbonyl (C=O) groups excluding carboxylic acids is 1. The molecule has 0 saturated heterocycles. The van der Waals surface area contributed by atoms with Gasteiger partial charge in [-0.2, -0.15) is 0 Å². The highest BCUT2D eigenvalue weighted by Crippen LogP contribution is 2.29. The summed E-state index contributed by atoms with van der Waals surface area (Å²) in [5.41, 5.74) is 1.97. The van der Waals surface area contributed by atoms with E-state index in [0.717, 1.165) is 61.4 Å². The van der Waals surface area contributed by atoms with Crippen LogP contribution in [0.3, 0.4) is 0 Å². The van der Waals surface area contributed by atoms with Gasteiger partial charge in [0.15, 0.2) is 18.2 Å². The van der Waals surface area contributed by atoms with E-state index in [2.05, 4.69) is 18.8 Å². The molecule has 0 fully saturated rings. The number of hydrogen-bond acceptors (Lipinski definition) is 4. The molecule has 0 spiro atoms. The van der Waals surface area contributed by atoms with Gasteiger partial charge in [0.1, 0.15) is 5.78 Å². The number of aliphatic hydroxyl groups excluding tert-OH is 1. The number of aryl methyl sites for hydroxylation is 1. The van der Waals surface area contributed by atoms with Gasteiger partial charge < -0.3 is 24.5 Å². The first-order chi connectivity index (χ1) is 16.5. The Kier molecular flexibility index (Phi) is 10.1. The monoisotopic (exact) mass is 468 g/mol. The number of fused-ring (bicyclic) bond motifs is 1. The zero-order valence-corrected chi connectivity index (χ0v) is 20.6. The Hall–Kier alpha value is -2.73. The van der Waals surface area contributed by atoms with Crippen LogP contribution >= 0.6 is 0 Å². The molecule has 1 aromatic carbocycles. The Morgan fingerprint density at radius 1 is 1.06 bits per heavy atom. The van der Waals surface area contributed by atoms with E-state index in [1.165, 1.54) is 0 Å². The van der Waals surface area contributed by atoms with Crippen molar-refractivity contribution in [2.24, 2.45) is 5.92 Å². The summed E-state index contributed by atoms with van der Waals surface area (Å²) in [7, 11) is 0. The molecule has 34 heavy (non-hydrogen) atoms. The van der Waals surface area contributed by atoms with Crippen LogP contribution in [-0.4, -0.2) is 31.7 Å². The number of phenolic OH excluding ortho intramolecular Hbond substituents is 1. The number of Topliss-reactive ketones (excluding diaryl/α,β-unsaturated/α-hetero) is 1. The first-order valence-electron chi connectivity index (χ1n) is 12.8. The minimum absolute atomic E-state index is 0.0802. The van der Waals surface area contributed by atoms with Crippen LogP contribution in [0.4, 0.5) is 0 Å². The molecule has 0 bridgehead atoms. The van der Waals surface area contributed by atoms with E-state index in [1.54, 1.807) is 6.07 Å². The second kappa shape index (κ2) is 13.2. The summed E-state index contributed by atoms with van der Waals surface area (Å²) in [6.07, 6.45) is 14.0. The lowest BCUT2D eigenvalue weighted by Crippen LogP contribution is -2.28. The quantitative estimate of drug-likeness (QED) is 0.214. The highest BCUT2D eigenvalue weighted by atomic mass is 16.5. The van der Waals surface area contributed by atoms with Crippen molar-refractivity contribution in [1.82, 2.24) is 9.55 Å². The number of phenols is 1. The topological polar surface area (TPSA) is 87.5 Å². The molecule has 0 aliphatic heterocycles. The number of carbonyl (C=O) groups is 1. The number of benzene rings is 1. The zero-order valence-electron chi connectivity index (χ0n) is 20.6. The standard InChI is InChI=1S/C28H40N2O4/c1-3-5-7-9-23(25(31)10-8-6-4-2)26(32)13-11-21-12-14-27(33)28(17-21)34-20-30-18-22-15-16-29-24(22)19-30/h12,14-19,23,25,29,31,33H,3-11,13,20H2,1-2H3. The van der Waals surface area contributed by atoms with E-state index < -0.39 is 6.10 Å². The summed E-state index contributed by atoms with van der Waals surface area (Å²) in [6.45, 7) is 4.57. The molecule has 0 aliphatic carbocycles. The summed E-state index contributed by atoms with van der Waals surface area (Å²) in [4.78, 5) is 16.2. The Bertz CT molecular complexity index is 994. The third-order valence-corrected chi connectivity index (χ3v) is 6.57. The van der Waals surface area contributed by atoms with Crippen LogP contribution in [0, 0.1) is 5.92 Å². The average Bonchev–Trinajstić information content (AvgIpc) is 3.42. The summed E-state index contributed by atoms with van der Waals surface area (Å²) in [5.74, 6) is 0.339. The highest BCUT2D eigenvalue weighted by molar-refractivity contribution is 5.81. The third-order valence-electron chi connectivity index (χ3n) is 6.57. The smallest absolute Gasteiger partial charge is 0.165 e. The molecule has 3 rings (SSSR count). The van der Waals surface area contributed by atoms with Crippen molar-refractivity contribution in [1.29, 1.82) is 0 Å². The van der Waals surface area contributed by atoms with Gasteiger partial charge in [-0.25, -0.2) is 0 Å². The Morgan fingerprint density at radius 2 is 1.82 bits per heavy atom. The molecule has 6 heteroatoms. The van der Waals surface area contributed by atoms with Gasteiger partial charge in [0.25, 0.3) is 0 Å². The van der Waals surface area contributed by atoms with Crippen LogP contribution < -0.4 is 4.74 Å². The summed E-state index contributed by atoms with van der Waals surface area (Å²) in [6, 6.07) is 7.25. The number of aliphatic hydroxyl groups is 1. The number of unbranched alkanes of at least 4 members (excludes halogenated alkanes) is 4. The van der Waals surface area contributed by atoms with Crippen molar-refractivity contribution in [3.8, 4) is 11.5 Å². The van der Waals surface area contributed by atoms with Crippen LogP contribution in [0.1, 0.15) is 77.2 Å². The number of aromatic hydroxyl groups is 1. The molecule has 0 aliphatic rings. The van der Waals surface area contributed by atoms with Crippen LogP contribution in [0.2, 0.25) is 0 Å². The van der Waals surface area contributed by atoms with Crippen molar-refractivity contribution in [3.63, 3.8) is 0 Å². The Balaban J connectivity index is 1.57. The van der Waals surface area contributed by atoms with Crippen molar-refractivity contribution in [2.75, 3.05) is 0 Å². The second-order valence-corrected chi connectivity index (χ2v) is 9.33. The van der Waals surface area contributed by atoms with Crippen LogP contribution in [0.25, 0.3) is 10.9 Å². The van der Waals surface area contributed by atoms with E-state index in [1.807, 2.05) is 41.4 Å². The molecule has 2 aromatic heterocycles. The molecule has 3 N–H and O–H groups in total. The molecule has 2 atom stereocenters. The molecular formula is C28H40N2O4. The number of H-pyrrole nitrogens is 1. The number of nitrogens with zero attached hydrogens (tertiary/aromatic N) is 1. The predicted octanol–water partition coefficient (Wildman–Crippen LogP) is 6.35. The molecule has 0 amide bonds. The largest absolute Gasteiger partial charge is 0.504 e. The van der Waals surface area contributed by atoms with E-state index in [0.29, 0.717) is 25.0 Å². The number of nitrogens with one attached hydrogen (secondary N) is 1. The van der Waals surface area contributed by atoms with Crippen LogP contribution in [0.15, 0.2) is 42.9 Å². The normalized spacial score (nSPS) is 13.3. The lowest BCUT2D eigenvalue weighted by atomic mass is 9.86. The lowest BCUT2D eigenvalue weighted by molar-refractivity contribution is -0.126. The predicted molar refractivity (Wildman–Crippen MR) is 136 cm³/mol. The maximum absolute atomic E-state index is 13.1. The first-order valence-corrected chi connectivity index (χ1v) is 12.8. The zero-order chi connectivity index (χ0) is 24.3. The van der Waals surface area contributed by atoms with E-state index in [-0.39, 0.29) is 24.2 Å². The minimum Gasteiger partial charge on any atom is -0.504 e. The van der Waals surface area contributed by atoms with E-state index in [9.17, 15) is 15.0 Å². The van der Waals surface area contributed by atoms with Gasteiger partial charge >= 0.3 is 0 Å². The molecular weight excluding hydrogens is 428 g/mol. The molecule has 6 nitrogen and oxygen atoms in total. The van der Waals surface area contributed by atoms with E-state index in [4.69, 9.17) is 4.74 Å². The number of aromatic amines is 1. The molecule has 0 saturated carbocycles. The lowest BCUT2D eigenvalue weighted by Gasteiger charge is -2.22. The molecule has 0 radical (unpaired) electrons. The molecule has 186 valence electrons. The first kappa shape index (κ1) is 25.9. The summed E-state index contributed by atoms with van der Waals surface area (Å²) in [5, 5.41) is 22.1. The van der Waals surface area contributed by atoms with Crippen molar-refractivity contribution < 1.29 is 19.7 Å². The fraction of sp³-hybridized carbons (Fsp3) is 0.536. The summed E-state index contributed by atoms with van der Waals surface area (Å²) < 4.78 is 7.76. The van der Waals surface area contributed by atoms with Crippen molar-refractivity contribution >= 4 is 16.7 Å². The van der Waals surface area contributed by atoms with Crippen molar-refractivity contribution in [2.45, 2.75) is 90.9 Å². The van der Waals surface area contributed by atoms with Gasteiger partial charge in [0, 0.05) is 36.3 Å². The van der Waals surface area contributed by atoms with Gasteiger partial charge in [0.2, 0.25) is 0 Å². The number of rotatable bonds is 16. The SMILES string of the molecule is CCCCCC(O)C(CCCCC)C(=O)CCc1ccc(O)c(OCn2cc3cc[nH]c3c2)c1. The van der Waals surface area contributed by atoms with E-state index >= 15 is 0 Å². The van der Waals surface area contributed by atoms with Gasteiger partial charge in [0.05, 0.1) is 11.6 Å². The Morgan fingerprint density at radius 3 is 2.56 bits per heavy atom. The van der Waals surface area contributed by atoms with Crippen LogP contribution in [-0.2, 0) is 17.9 Å². The van der Waals surface area contributed by atoms with Crippen LogP contribution in [0.5, 0.6) is 11.5 Å². The molecule has 2 heterocycles. The number of hydrogen-bond donors (Lipinski definition) is 3. The number of ether oxygens (including phenoxy) is 1. The molecule has 3 aromatic rings. The fourth-order valence-corrected chi connectivity index (χ4v) is 4.49. The summed E-state index contributed by atoms with van der Waals surface area (Å²) >= 11 is 0. The highest BCUT2D eigenvalue weighted by Gasteiger charge is 2.25.